The molecule has 0 saturated carbocycles. The topological polar surface area (TPSA) is 55.2 Å². The first-order chi connectivity index (χ1) is 13.5. The summed E-state index contributed by atoms with van der Waals surface area (Å²) in [5.41, 5.74) is 7.78. The second kappa shape index (κ2) is 10.4. The molecule has 0 aliphatic carbocycles. The van der Waals surface area contributed by atoms with E-state index < -0.39 is 0 Å². The molecular weight excluding hydrogens is 348 g/mol. The summed E-state index contributed by atoms with van der Waals surface area (Å²) >= 11 is 0. The highest BCUT2D eigenvalue weighted by atomic mass is 16.5. The number of rotatable bonds is 9. The summed E-state index contributed by atoms with van der Waals surface area (Å²) in [6.07, 6.45) is 4.64. The van der Waals surface area contributed by atoms with Crippen molar-refractivity contribution in [1.29, 1.82) is 0 Å². The Morgan fingerprint density at radius 3 is 2.50 bits per heavy atom. The highest BCUT2D eigenvalue weighted by Crippen LogP contribution is 2.33. The lowest BCUT2D eigenvalue weighted by molar-refractivity contribution is 0.276. The summed E-state index contributed by atoms with van der Waals surface area (Å²) < 4.78 is 5.57. The number of hydrogen-bond acceptors (Lipinski definition) is 4. The predicted molar refractivity (Wildman–Crippen MR) is 117 cm³/mol. The van der Waals surface area contributed by atoms with E-state index in [1.807, 2.05) is 13.0 Å². The van der Waals surface area contributed by atoms with Gasteiger partial charge in [0.2, 0.25) is 5.88 Å². The zero-order valence-electron chi connectivity index (χ0n) is 18.2. The standard InChI is InChI=1S/C24H34N2O2/c1-7-18-15-21(19(8-2)16(5)13-14-27)17(6)25-24(18)20-11-12-23(28-10-4)26-22(20)9-3/h8,11-12,15-16,27H,7,9-10,13-14H2,1-6H3/b19-8-/t16-/m1/s1. The van der Waals surface area contributed by atoms with E-state index in [4.69, 9.17) is 9.72 Å². The van der Waals surface area contributed by atoms with Crippen LogP contribution in [0.1, 0.15) is 63.6 Å². The van der Waals surface area contributed by atoms with Gasteiger partial charge in [0.05, 0.1) is 18.0 Å². The van der Waals surface area contributed by atoms with Crippen LogP contribution in [0.25, 0.3) is 16.8 Å². The summed E-state index contributed by atoms with van der Waals surface area (Å²) in [6.45, 7) is 13.4. The van der Waals surface area contributed by atoms with E-state index in [0.29, 0.717) is 18.4 Å². The minimum Gasteiger partial charge on any atom is -0.478 e. The van der Waals surface area contributed by atoms with Crippen LogP contribution in [0.15, 0.2) is 24.3 Å². The summed E-state index contributed by atoms with van der Waals surface area (Å²) in [5.74, 6) is 0.966. The molecule has 0 amide bonds. The van der Waals surface area contributed by atoms with Crippen molar-refractivity contribution in [3.63, 3.8) is 0 Å². The highest BCUT2D eigenvalue weighted by molar-refractivity contribution is 5.74. The van der Waals surface area contributed by atoms with Crippen LogP contribution in [0, 0.1) is 12.8 Å². The van der Waals surface area contributed by atoms with Crippen LogP contribution in [0.5, 0.6) is 5.88 Å². The molecule has 0 aromatic carbocycles. The Balaban J connectivity index is 2.58. The van der Waals surface area contributed by atoms with E-state index in [2.05, 4.69) is 57.8 Å². The number of hydrogen-bond donors (Lipinski definition) is 1. The molecule has 2 aromatic rings. The fourth-order valence-corrected chi connectivity index (χ4v) is 3.69. The van der Waals surface area contributed by atoms with Gasteiger partial charge in [-0.3, -0.25) is 4.98 Å². The van der Waals surface area contributed by atoms with Crippen LogP contribution in [0.4, 0.5) is 0 Å². The Bertz CT molecular complexity index is 828. The van der Waals surface area contributed by atoms with Gasteiger partial charge < -0.3 is 9.84 Å². The first-order valence-corrected chi connectivity index (χ1v) is 10.4. The average molecular weight is 383 g/mol. The quantitative estimate of drug-likeness (QED) is 0.631. The second-order valence-electron chi connectivity index (χ2n) is 7.07. The van der Waals surface area contributed by atoms with Crippen LogP contribution >= 0.6 is 0 Å². The van der Waals surface area contributed by atoms with Crippen molar-refractivity contribution >= 4 is 5.57 Å². The molecule has 0 saturated heterocycles. The molecule has 4 heteroatoms. The van der Waals surface area contributed by atoms with Crippen molar-refractivity contribution in [2.24, 2.45) is 5.92 Å². The Labute approximate surface area is 169 Å². The maximum absolute atomic E-state index is 9.35. The van der Waals surface area contributed by atoms with Crippen molar-refractivity contribution in [2.45, 2.75) is 60.8 Å². The smallest absolute Gasteiger partial charge is 0.213 e. The monoisotopic (exact) mass is 382 g/mol. The van der Waals surface area contributed by atoms with E-state index >= 15 is 0 Å². The number of ether oxygens (including phenoxy) is 1. The third-order valence-electron chi connectivity index (χ3n) is 5.22. The number of aryl methyl sites for hydroxylation is 3. The molecule has 0 spiro atoms. The molecule has 0 radical (unpaired) electrons. The maximum Gasteiger partial charge on any atom is 0.213 e. The lowest BCUT2D eigenvalue weighted by Gasteiger charge is -2.20. The van der Waals surface area contributed by atoms with Gasteiger partial charge in [0, 0.05) is 23.9 Å². The van der Waals surface area contributed by atoms with Crippen LogP contribution in [0.2, 0.25) is 0 Å². The van der Waals surface area contributed by atoms with Gasteiger partial charge >= 0.3 is 0 Å². The predicted octanol–water partition coefficient (Wildman–Crippen LogP) is 5.40. The van der Waals surface area contributed by atoms with Gasteiger partial charge in [0.15, 0.2) is 0 Å². The van der Waals surface area contributed by atoms with Gasteiger partial charge in [-0.2, -0.15) is 0 Å². The molecule has 2 rings (SSSR count). The van der Waals surface area contributed by atoms with Crippen molar-refractivity contribution in [3.05, 3.63) is 46.8 Å². The van der Waals surface area contributed by atoms with E-state index in [1.165, 1.54) is 16.7 Å². The molecule has 4 nitrogen and oxygen atoms in total. The Morgan fingerprint density at radius 2 is 1.93 bits per heavy atom. The lowest BCUT2D eigenvalue weighted by Crippen LogP contribution is -2.07. The highest BCUT2D eigenvalue weighted by Gasteiger charge is 2.18. The number of allylic oxidation sites excluding steroid dienone is 2. The molecule has 0 aliphatic heterocycles. The molecule has 0 fully saturated rings. The molecular formula is C24H34N2O2. The summed E-state index contributed by atoms with van der Waals surface area (Å²) in [6, 6.07) is 6.29. The van der Waals surface area contributed by atoms with Crippen LogP contribution in [-0.4, -0.2) is 28.3 Å². The van der Waals surface area contributed by atoms with E-state index in [9.17, 15) is 5.11 Å². The Morgan fingerprint density at radius 1 is 1.18 bits per heavy atom. The number of aliphatic hydroxyl groups is 1. The molecule has 28 heavy (non-hydrogen) atoms. The van der Waals surface area contributed by atoms with Gasteiger partial charge in [0.25, 0.3) is 0 Å². The number of nitrogens with zero attached hydrogens (tertiary/aromatic N) is 2. The second-order valence-corrected chi connectivity index (χ2v) is 7.07. The number of aliphatic hydroxyl groups excluding tert-OH is 1. The molecule has 0 bridgehead atoms. The maximum atomic E-state index is 9.35. The normalized spacial score (nSPS) is 12.9. The van der Waals surface area contributed by atoms with Crippen LogP contribution in [-0.2, 0) is 12.8 Å². The first kappa shape index (κ1) is 22.1. The fourth-order valence-electron chi connectivity index (χ4n) is 3.69. The number of pyridine rings is 2. The Hall–Kier alpha value is -2.20. The minimum atomic E-state index is 0.196. The average Bonchev–Trinajstić information content (AvgIpc) is 2.69. The van der Waals surface area contributed by atoms with Gasteiger partial charge in [-0.25, -0.2) is 4.98 Å². The third-order valence-corrected chi connectivity index (χ3v) is 5.22. The summed E-state index contributed by atoms with van der Waals surface area (Å²) in [7, 11) is 0. The van der Waals surface area contributed by atoms with Gasteiger partial charge in [-0.1, -0.05) is 26.8 Å². The minimum absolute atomic E-state index is 0.196. The van der Waals surface area contributed by atoms with E-state index in [1.54, 1.807) is 0 Å². The zero-order chi connectivity index (χ0) is 20.7. The fraction of sp³-hybridized carbons (Fsp3) is 0.500. The zero-order valence-corrected chi connectivity index (χ0v) is 18.2. The van der Waals surface area contributed by atoms with Crippen LogP contribution in [0.3, 0.4) is 0 Å². The Kier molecular flexibility index (Phi) is 8.18. The van der Waals surface area contributed by atoms with Crippen molar-refractivity contribution in [2.75, 3.05) is 13.2 Å². The summed E-state index contributed by atoms with van der Waals surface area (Å²) in [5, 5.41) is 9.35. The van der Waals surface area contributed by atoms with E-state index in [-0.39, 0.29) is 6.61 Å². The SMILES string of the molecule is C/C=C(\c1cc(CC)c(-c2ccc(OCC)nc2CC)nc1C)[C@H](C)CCO. The van der Waals surface area contributed by atoms with Crippen molar-refractivity contribution in [3.8, 4) is 17.1 Å². The van der Waals surface area contributed by atoms with E-state index in [0.717, 1.165) is 41.9 Å². The molecule has 1 atom stereocenters. The number of aromatic nitrogens is 2. The molecule has 0 unspecified atom stereocenters. The molecule has 0 aliphatic rings. The molecule has 1 N–H and O–H groups in total. The van der Waals surface area contributed by atoms with Crippen molar-refractivity contribution in [1.82, 2.24) is 9.97 Å². The summed E-state index contributed by atoms with van der Waals surface area (Å²) in [4.78, 5) is 9.71. The van der Waals surface area contributed by atoms with Gasteiger partial charge in [-0.05, 0) is 74.8 Å². The first-order valence-electron chi connectivity index (χ1n) is 10.4. The van der Waals surface area contributed by atoms with Crippen LogP contribution < -0.4 is 4.74 Å². The lowest BCUT2D eigenvalue weighted by atomic mass is 9.88. The largest absolute Gasteiger partial charge is 0.478 e. The molecule has 2 heterocycles. The third kappa shape index (κ3) is 4.79. The van der Waals surface area contributed by atoms with Gasteiger partial charge in [0.1, 0.15) is 0 Å². The molecule has 152 valence electrons. The van der Waals surface area contributed by atoms with Crippen molar-refractivity contribution < 1.29 is 9.84 Å². The molecule has 2 aromatic heterocycles. The van der Waals surface area contributed by atoms with Gasteiger partial charge in [-0.15, -0.1) is 0 Å².